The number of ketones is 1. The van der Waals surface area contributed by atoms with Crippen LogP contribution >= 0.6 is 55.0 Å². The second-order valence-corrected chi connectivity index (χ2v) is 8.52. The van der Waals surface area contributed by atoms with E-state index in [-0.39, 0.29) is 5.78 Å². The van der Waals surface area contributed by atoms with Gasteiger partial charge in [-0.1, -0.05) is 0 Å². The molecule has 2 heterocycles. The number of thiophene rings is 1. The summed E-state index contributed by atoms with van der Waals surface area (Å²) in [6, 6.07) is 1.90. The summed E-state index contributed by atoms with van der Waals surface area (Å²) in [5.41, 5.74) is 0.801. The van der Waals surface area contributed by atoms with E-state index in [1.165, 1.54) is 0 Å². The van der Waals surface area contributed by atoms with Crippen LogP contribution in [0.4, 0.5) is 0 Å². The molecule has 0 bridgehead atoms. The quantitative estimate of drug-likeness (QED) is 0.743. The predicted octanol–water partition coefficient (Wildman–Crippen LogP) is 3.50. The van der Waals surface area contributed by atoms with Gasteiger partial charge in [0.1, 0.15) is 0 Å². The molecule has 0 aliphatic carbocycles. The van der Waals surface area contributed by atoms with Gasteiger partial charge in [-0.05, 0) is 37.9 Å². The Labute approximate surface area is 120 Å². The van der Waals surface area contributed by atoms with Crippen molar-refractivity contribution in [3.05, 3.63) is 19.2 Å². The fourth-order valence-electron chi connectivity index (χ4n) is 1.58. The molecule has 1 fully saturated rings. The molecule has 0 unspecified atom stereocenters. The van der Waals surface area contributed by atoms with E-state index in [0.717, 1.165) is 37.7 Å². The Balaban J connectivity index is 1.99. The third-order valence-electron chi connectivity index (χ3n) is 2.43. The molecule has 0 saturated carbocycles. The van der Waals surface area contributed by atoms with Crippen LogP contribution in [0.15, 0.2) is 13.6 Å². The van der Waals surface area contributed by atoms with Gasteiger partial charge in [0.25, 0.3) is 0 Å². The van der Waals surface area contributed by atoms with Crippen LogP contribution in [0.1, 0.15) is 10.4 Å². The number of carbonyl (C=O) groups is 1. The maximum Gasteiger partial charge on any atom is 0.178 e. The zero-order valence-corrected chi connectivity index (χ0v) is 13.3. The number of nitrogens with zero attached hydrogens (tertiary/aromatic N) is 1. The number of rotatable bonds is 3. The lowest BCUT2D eigenvalue weighted by atomic mass is 10.2. The average Bonchev–Trinajstić information content (AvgIpc) is 2.59. The molecule has 0 spiro atoms. The van der Waals surface area contributed by atoms with Gasteiger partial charge in [-0.2, -0.15) is 11.8 Å². The van der Waals surface area contributed by atoms with Crippen LogP contribution in [-0.2, 0) is 0 Å². The summed E-state index contributed by atoms with van der Waals surface area (Å²) in [6.07, 6.45) is 0. The van der Waals surface area contributed by atoms with Crippen LogP contribution in [0.25, 0.3) is 0 Å². The molecule has 0 atom stereocenters. The summed E-state index contributed by atoms with van der Waals surface area (Å²) < 4.78 is 1.92. The standard InChI is InChI=1S/C10H11Br2NOS2/c11-9-5-7(10(12)16-9)8(14)6-13-1-3-15-4-2-13/h5H,1-4,6H2. The molecule has 1 aromatic heterocycles. The molecule has 88 valence electrons. The Hall–Kier alpha value is 0.640. The Morgan fingerprint density at radius 3 is 2.62 bits per heavy atom. The molecule has 0 N–H and O–H groups in total. The normalized spacial score (nSPS) is 17.6. The van der Waals surface area contributed by atoms with Gasteiger partial charge in [0.2, 0.25) is 0 Å². The molecule has 1 aliphatic heterocycles. The monoisotopic (exact) mass is 383 g/mol. The first-order valence-electron chi connectivity index (χ1n) is 4.95. The minimum absolute atomic E-state index is 0.209. The third kappa shape index (κ3) is 3.32. The highest BCUT2D eigenvalue weighted by Gasteiger charge is 2.18. The van der Waals surface area contributed by atoms with Crippen molar-refractivity contribution in [2.45, 2.75) is 0 Å². The van der Waals surface area contributed by atoms with E-state index in [4.69, 9.17) is 0 Å². The Morgan fingerprint density at radius 2 is 2.06 bits per heavy atom. The van der Waals surface area contributed by atoms with E-state index < -0.39 is 0 Å². The number of hydrogen-bond donors (Lipinski definition) is 0. The lowest BCUT2D eigenvalue weighted by molar-refractivity contribution is 0.0937. The number of carbonyl (C=O) groups excluding carboxylic acids is 1. The SMILES string of the molecule is O=C(CN1CCSCC1)c1cc(Br)sc1Br. The molecule has 2 rings (SSSR count). The lowest BCUT2D eigenvalue weighted by Gasteiger charge is -2.25. The second kappa shape index (κ2) is 6.00. The van der Waals surface area contributed by atoms with E-state index >= 15 is 0 Å². The second-order valence-electron chi connectivity index (χ2n) is 3.55. The smallest absolute Gasteiger partial charge is 0.178 e. The van der Waals surface area contributed by atoms with E-state index in [0.29, 0.717) is 6.54 Å². The Kier molecular flexibility index (Phi) is 4.90. The van der Waals surface area contributed by atoms with E-state index in [1.54, 1.807) is 11.3 Å². The van der Waals surface area contributed by atoms with Gasteiger partial charge in [0.15, 0.2) is 5.78 Å². The highest BCUT2D eigenvalue weighted by molar-refractivity contribution is 9.12. The summed E-state index contributed by atoms with van der Waals surface area (Å²) in [6.45, 7) is 2.60. The van der Waals surface area contributed by atoms with Crippen molar-refractivity contribution in [1.29, 1.82) is 0 Å². The topological polar surface area (TPSA) is 20.3 Å². The molecule has 1 saturated heterocycles. The Morgan fingerprint density at radius 1 is 1.38 bits per heavy atom. The van der Waals surface area contributed by atoms with Crippen molar-refractivity contribution in [3.8, 4) is 0 Å². The third-order valence-corrected chi connectivity index (χ3v) is 5.71. The van der Waals surface area contributed by atoms with Gasteiger partial charge < -0.3 is 0 Å². The number of hydrogen-bond acceptors (Lipinski definition) is 4. The van der Waals surface area contributed by atoms with Gasteiger partial charge in [0.05, 0.1) is 14.1 Å². The first-order chi connectivity index (χ1) is 7.66. The maximum absolute atomic E-state index is 12.1. The van der Waals surface area contributed by atoms with Gasteiger partial charge in [-0.25, -0.2) is 0 Å². The van der Waals surface area contributed by atoms with Gasteiger partial charge >= 0.3 is 0 Å². The molecule has 6 heteroatoms. The van der Waals surface area contributed by atoms with Crippen molar-refractivity contribution in [2.24, 2.45) is 0 Å². The summed E-state index contributed by atoms with van der Waals surface area (Å²) in [5.74, 6) is 2.49. The first-order valence-corrected chi connectivity index (χ1v) is 8.50. The molecule has 2 nitrogen and oxygen atoms in total. The van der Waals surface area contributed by atoms with Crippen LogP contribution in [0.2, 0.25) is 0 Å². The van der Waals surface area contributed by atoms with Crippen molar-refractivity contribution in [1.82, 2.24) is 4.90 Å². The fraction of sp³-hybridized carbons (Fsp3) is 0.500. The molecule has 1 aromatic rings. The highest BCUT2D eigenvalue weighted by Crippen LogP contribution is 2.32. The van der Waals surface area contributed by atoms with E-state index in [9.17, 15) is 4.79 Å². The number of Topliss-reactive ketones (excluding diaryl/α,β-unsaturated/α-hetero) is 1. The molecular weight excluding hydrogens is 374 g/mol. The summed E-state index contributed by atoms with van der Waals surface area (Å²) in [5, 5.41) is 0. The minimum Gasteiger partial charge on any atom is -0.294 e. The van der Waals surface area contributed by atoms with Crippen LogP contribution < -0.4 is 0 Å². The van der Waals surface area contributed by atoms with Crippen LogP contribution in [0, 0.1) is 0 Å². The zero-order chi connectivity index (χ0) is 11.5. The lowest BCUT2D eigenvalue weighted by Crippen LogP contribution is -2.36. The zero-order valence-electron chi connectivity index (χ0n) is 8.54. The molecule has 1 aliphatic rings. The minimum atomic E-state index is 0.209. The van der Waals surface area contributed by atoms with Crippen LogP contribution in [0.5, 0.6) is 0 Å². The van der Waals surface area contributed by atoms with Gasteiger partial charge in [-0.3, -0.25) is 9.69 Å². The van der Waals surface area contributed by atoms with Crippen molar-refractivity contribution < 1.29 is 4.79 Å². The Bertz CT molecular complexity index is 388. The van der Waals surface area contributed by atoms with Crippen molar-refractivity contribution in [3.63, 3.8) is 0 Å². The largest absolute Gasteiger partial charge is 0.294 e. The summed E-state index contributed by atoms with van der Waals surface area (Å²) in [4.78, 5) is 14.3. The number of halogens is 2. The molecular formula is C10H11Br2NOS2. The van der Waals surface area contributed by atoms with Crippen LogP contribution in [-0.4, -0.2) is 41.8 Å². The predicted molar refractivity (Wildman–Crippen MR) is 77.8 cm³/mol. The van der Waals surface area contributed by atoms with Gasteiger partial charge in [0, 0.05) is 30.2 Å². The highest BCUT2D eigenvalue weighted by atomic mass is 79.9. The van der Waals surface area contributed by atoms with E-state index in [1.807, 2.05) is 17.8 Å². The van der Waals surface area contributed by atoms with Gasteiger partial charge in [-0.15, -0.1) is 11.3 Å². The molecule has 16 heavy (non-hydrogen) atoms. The number of thioether (sulfide) groups is 1. The molecule has 0 amide bonds. The molecule has 0 aromatic carbocycles. The van der Waals surface area contributed by atoms with E-state index in [2.05, 4.69) is 36.8 Å². The maximum atomic E-state index is 12.1. The van der Waals surface area contributed by atoms with Crippen molar-refractivity contribution in [2.75, 3.05) is 31.1 Å². The molecule has 0 radical (unpaired) electrons. The summed E-state index contributed by atoms with van der Waals surface area (Å²) in [7, 11) is 0. The fourth-order valence-corrected chi connectivity index (χ4v) is 5.41. The first kappa shape index (κ1) is 13.1. The average molecular weight is 385 g/mol. The van der Waals surface area contributed by atoms with Crippen LogP contribution in [0.3, 0.4) is 0 Å². The summed E-state index contributed by atoms with van der Waals surface area (Å²) >= 11 is 10.3. The van der Waals surface area contributed by atoms with Crippen molar-refractivity contribution >= 4 is 60.7 Å².